The maximum atomic E-state index is 12.4. The Morgan fingerprint density at radius 1 is 1.12 bits per heavy atom. The smallest absolute Gasteiger partial charge is 0.223 e. The van der Waals surface area contributed by atoms with Gasteiger partial charge in [-0.1, -0.05) is 30.7 Å². The number of benzene rings is 1. The molecule has 0 saturated heterocycles. The first-order chi connectivity index (χ1) is 11.8. The Labute approximate surface area is 150 Å². The molecule has 3 atom stereocenters. The highest BCUT2D eigenvalue weighted by molar-refractivity contribution is 7.88. The summed E-state index contributed by atoms with van der Waals surface area (Å²) in [5.41, 5.74) is 1.74. The van der Waals surface area contributed by atoms with Crippen LogP contribution in [-0.4, -0.2) is 20.4 Å². The van der Waals surface area contributed by atoms with E-state index in [-0.39, 0.29) is 23.6 Å². The third kappa shape index (κ3) is 4.82. The van der Waals surface area contributed by atoms with E-state index < -0.39 is 10.0 Å². The van der Waals surface area contributed by atoms with Gasteiger partial charge in [-0.15, -0.1) is 0 Å². The van der Waals surface area contributed by atoms with Gasteiger partial charge in [-0.25, -0.2) is 13.1 Å². The van der Waals surface area contributed by atoms with Gasteiger partial charge in [-0.3, -0.25) is 4.79 Å². The molecule has 0 aliphatic heterocycles. The minimum Gasteiger partial charge on any atom is -0.352 e. The Morgan fingerprint density at radius 2 is 1.80 bits per heavy atom. The molecule has 0 heterocycles. The first-order valence-corrected chi connectivity index (χ1v) is 10.8. The Hall–Kier alpha value is -1.40. The van der Waals surface area contributed by atoms with Gasteiger partial charge in [0.15, 0.2) is 0 Å². The second-order valence-corrected chi connectivity index (χ2v) is 9.60. The van der Waals surface area contributed by atoms with E-state index in [1.54, 1.807) is 13.8 Å². The van der Waals surface area contributed by atoms with Crippen molar-refractivity contribution in [2.24, 2.45) is 17.8 Å². The van der Waals surface area contributed by atoms with Crippen LogP contribution in [0.1, 0.15) is 50.7 Å². The average Bonchev–Trinajstić information content (AvgIpc) is 3.15. The maximum absolute atomic E-state index is 12.4. The zero-order chi connectivity index (χ0) is 18.0. The van der Waals surface area contributed by atoms with Crippen molar-refractivity contribution in [3.8, 4) is 0 Å². The molecular formula is C19H28N2O3S. The second kappa shape index (κ2) is 7.46. The fourth-order valence-corrected chi connectivity index (χ4v) is 5.69. The summed E-state index contributed by atoms with van der Waals surface area (Å²) in [6.45, 7) is 4.11. The molecule has 0 unspecified atom stereocenters. The van der Waals surface area contributed by atoms with E-state index in [2.05, 4.69) is 10.0 Å². The van der Waals surface area contributed by atoms with Crippen LogP contribution in [0.4, 0.5) is 0 Å². The number of hydrogen-bond donors (Lipinski definition) is 2. The third-order valence-corrected chi connectivity index (χ3v) is 6.88. The van der Waals surface area contributed by atoms with E-state index in [9.17, 15) is 13.2 Å². The highest BCUT2D eigenvalue weighted by Crippen LogP contribution is 2.48. The minimum atomic E-state index is -3.31. The zero-order valence-corrected chi connectivity index (χ0v) is 15.8. The highest BCUT2D eigenvalue weighted by Gasteiger charge is 2.42. The molecule has 0 spiro atoms. The molecule has 3 rings (SSSR count). The molecule has 2 aliphatic rings. The van der Waals surface area contributed by atoms with Gasteiger partial charge in [0.1, 0.15) is 0 Å². The van der Waals surface area contributed by atoms with Gasteiger partial charge in [0.05, 0.1) is 5.75 Å². The number of fused-ring (bicyclic) bond motifs is 2. The lowest BCUT2D eigenvalue weighted by atomic mass is 9.88. The molecule has 25 heavy (non-hydrogen) atoms. The van der Waals surface area contributed by atoms with Gasteiger partial charge in [0.2, 0.25) is 15.9 Å². The average molecular weight is 365 g/mol. The normalized spacial score (nSPS) is 25.5. The van der Waals surface area contributed by atoms with Gasteiger partial charge in [0.25, 0.3) is 0 Å². The van der Waals surface area contributed by atoms with Crippen molar-refractivity contribution in [3.63, 3.8) is 0 Å². The Kier molecular flexibility index (Phi) is 5.49. The molecule has 0 aromatic heterocycles. The van der Waals surface area contributed by atoms with Crippen LogP contribution in [0.5, 0.6) is 0 Å². The standard InChI is InChI=1S/C19H28N2O3S/c1-13(2)21-25(23,24)12-15-5-3-14(4-6-15)11-20-19(22)18-10-16-7-8-17(18)9-16/h3-6,13,16-18,21H,7-12H2,1-2H3,(H,20,22)/t16-,17-,18-/m0/s1. The lowest BCUT2D eigenvalue weighted by Crippen LogP contribution is -2.33. The van der Waals surface area contributed by atoms with E-state index >= 15 is 0 Å². The number of amides is 1. The van der Waals surface area contributed by atoms with Crippen molar-refractivity contribution < 1.29 is 13.2 Å². The Morgan fingerprint density at radius 3 is 2.36 bits per heavy atom. The van der Waals surface area contributed by atoms with Gasteiger partial charge in [0, 0.05) is 18.5 Å². The van der Waals surface area contributed by atoms with Crippen LogP contribution >= 0.6 is 0 Å². The van der Waals surface area contributed by atoms with E-state index in [1.165, 1.54) is 19.3 Å². The van der Waals surface area contributed by atoms with E-state index in [0.717, 1.165) is 23.5 Å². The molecule has 6 heteroatoms. The molecule has 0 radical (unpaired) electrons. The van der Waals surface area contributed by atoms with E-state index in [4.69, 9.17) is 0 Å². The van der Waals surface area contributed by atoms with Crippen LogP contribution in [0.25, 0.3) is 0 Å². The lowest BCUT2D eigenvalue weighted by Gasteiger charge is -2.20. The molecule has 2 N–H and O–H groups in total. The predicted octanol–water partition coefficient (Wildman–Crippen LogP) is 2.57. The summed E-state index contributed by atoms with van der Waals surface area (Å²) in [7, 11) is -3.31. The van der Waals surface area contributed by atoms with Crippen LogP contribution in [0, 0.1) is 17.8 Å². The van der Waals surface area contributed by atoms with Crippen molar-refractivity contribution in [3.05, 3.63) is 35.4 Å². The van der Waals surface area contributed by atoms with Gasteiger partial charge < -0.3 is 5.32 Å². The first kappa shape index (κ1) is 18.4. The number of nitrogens with one attached hydrogen (secondary N) is 2. The molecule has 2 saturated carbocycles. The number of carbonyl (C=O) groups is 1. The summed E-state index contributed by atoms with van der Waals surface area (Å²) in [4.78, 5) is 12.4. The molecule has 138 valence electrons. The van der Waals surface area contributed by atoms with Crippen molar-refractivity contribution in [1.29, 1.82) is 0 Å². The van der Waals surface area contributed by atoms with Crippen molar-refractivity contribution in [1.82, 2.24) is 10.0 Å². The number of rotatable bonds is 7. The van der Waals surface area contributed by atoms with Crippen LogP contribution < -0.4 is 10.0 Å². The molecule has 5 nitrogen and oxygen atoms in total. The third-order valence-electron chi connectivity index (χ3n) is 5.34. The topological polar surface area (TPSA) is 75.3 Å². The predicted molar refractivity (Wildman–Crippen MR) is 98.1 cm³/mol. The summed E-state index contributed by atoms with van der Waals surface area (Å²) in [6.07, 6.45) is 4.78. The van der Waals surface area contributed by atoms with Crippen molar-refractivity contribution in [2.75, 3.05) is 0 Å². The van der Waals surface area contributed by atoms with Crippen molar-refractivity contribution in [2.45, 2.75) is 57.9 Å². The highest BCUT2D eigenvalue weighted by atomic mass is 32.2. The van der Waals surface area contributed by atoms with Crippen molar-refractivity contribution >= 4 is 15.9 Å². The summed E-state index contributed by atoms with van der Waals surface area (Å²) in [6, 6.07) is 7.31. The summed E-state index contributed by atoms with van der Waals surface area (Å²) in [5.74, 6) is 1.71. The Balaban J connectivity index is 1.50. The summed E-state index contributed by atoms with van der Waals surface area (Å²) in [5, 5.41) is 3.05. The molecule has 2 bridgehead atoms. The number of carbonyl (C=O) groups excluding carboxylic acids is 1. The molecule has 1 aromatic rings. The fraction of sp³-hybridized carbons (Fsp3) is 0.632. The molecule has 2 fully saturated rings. The van der Waals surface area contributed by atoms with Crippen LogP contribution in [0.15, 0.2) is 24.3 Å². The number of hydrogen-bond acceptors (Lipinski definition) is 3. The summed E-state index contributed by atoms with van der Waals surface area (Å²) >= 11 is 0. The van der Waals surface area contributed by atoms with E-state index in [1.807, 2.05) is 24.3 Å². The van der Waals surface area contributed by atoms with Crippen LogP contribution in [0.3, 0.4) is 0 Å². The Bertz CT molecular complexity index is 713. The molecule has 2 aliphatic carbocycles. The molecular weight excluding hydrogens is 336 g/mol. The second-order valence-electron chi connectivity index (χ2n) is 7.85. The SMILES string of the molecule is CC(C)NS(=O)(=O)Cc1ccc(CNC(=O)[C@H]2C[C@H]3CC[C@H]2C3)cc1. The minimum absolute atomic E-state index is 0.0248. The largest absolute Gasteiger partial charge is 0.352 e. The first-order valence-electron chi connectivity index (χ1n) is 9.18. The van der Waals surface area contributed by atoms with Crippen LogP contribution in [-0.2, 0) is 27.1 Å². The lowest BCUT2D eigenvalue weighted by molar-refractivity contribution is -0.126. The summed E-state index contributed by atoms with van der Waals surface area (Å²) < 4.78 is 26.5. The monoisotopic (exact) mass is 364 g/mol. The number of sulfonamides is 1. The molecule has 1 aromatic carbocycles. The zero-order valence-electron chi connectivity index (χ0n) is 15.0. The quantitative estimate of drug-likeness (QED) is 0.781. The molecule has 1 amide bonds. The fourth-order valence-electron chi connectivity index (χ4n) is 4.26. The maximum Gasteiger partial charge on any atom is 0.223 e. The van der Waals surface area contributed by atoms with Gasteiger partial charge >= 0.3 is 0 Å². The van der Waals surface area contributed by atoms with E-state index in [0.29, 0.717) is 12.5 Å². The van der Waals surface area contributed by atoms with Gasteiger partial charge in [-0.2, -0.15) is 0 Å². The van der Waals surface area contributed by atoms with Crippen LogP contribution in [0.2, 0.25) is 0 Å². The van der Waals surface area contributed by atoms with Gasteiger partial charge in [-0.05, 0) is 56.1 Å².